The topological polar surface area (TPSA) is 47.9 Å². The fourth-order valence-corrected chi connectivity index (χ4v) is 3.88. The van der Waals surface area contributed by atoms with Crippen LogP contribution in [0.25, 0.3) is 20.4 Å². The fourth-order valence-electron chi connectivity index (χ4n) is 2.58. The van der Waals surface area contributed by atoms with E-state index in [4.69, 9.17) is 16.3 Å². The van der Waals surface area contributed by atoms with Crippen molar-refractivity contribution < 1.29 is 4.74 Å². The van der Waals surface area contributed by atoms with Gasteiger partial charge in [-0.2, -0.15) is 0 Å². The molecule has 0 amide bonds. The smallest absolute Gasteiger partial charge is 0.240 e. The lowest BCUT2D eigenvalue weighted by atomic mass is 10.1. The number of halogens is 1. The SMILES string of the molecule is Cc1cc(C)c2c(n1)sc1c(Oc3ccc(Cl)cc3)ncnc12. The van der Waals surface area contributed by atoms with Crippen LogP contribution in [0.1, 0.15) is 11.3 Å². The Morgan fingerprint density at radius 1 is 1.09 bits per heavy atom. The third-order valence-corrected chi connectivity index (χ3v) is 4.86. The summed E-state index contributed by atoms with van der Waals surface area (Å²) in [4.78, 5) is 14.3. The van der Waals surface area contributed by atoms with Crippen LogP contribution in [0, 0.1) is 13.8 Å². The van der Waals surface area contributed by atoms with Gasteiger partial charge in [0.15, 0.2) is 0 Å². The van der Waals surface area contributed by atoms with Gasteiger partial charge in [0, 0.05) is 16.1 Å². The first-order valence-corrected chi connectivity index (χ1v) is 8.26. The van der Waals surface area contributed by atoms with E-state index in [0.29, 0.717) is 16.7 Å². The van der Waals surface area contributed by atoms with Crippen LogP contribution < -0.4 is 4.74 Å². The van der Waals surface area contributed by atoms with E-state index in [0.717, 1.165) is 31.7 Å². The molecule has 0 aliphatic heterocycles. The molecular weight excluding hydrogens is 330 g/mol. The molecule has 0 atom stereocenters. The third-order valence-electron chi connectivity index (χ3n) is 3.55. The Balaban J connectivity index is 1.90. The molecule has 0 aliphatic carbocycles. The van der Waals surface area contributed by atoms with E-state index < -0.39 is 0 Å². The first-order chi connectivity index (χ1) is 11.1. The number of nitrogens with zero attached hydrogens (tertiary/aromatic N) is 3. The van der Waals surface area contributed by atoms with Gasteiger partial charge in [0.1, 0.15) is 21.6 Å². The van der Waals surface area contributed by atoms with Gasteiger partial charge in [-0.3, -0.25) is 0 Å². The van der Waals surface area contributed by atoms with Gasteiger partial charge in [-0.25, -0.2) is 15.0 Å². The lowest BCUT2D eigenvalue weighted by Crippen LogP contribution is -1.89. The van der Waals surface area contributed by atoms with Crippen LogP contribution >= 0.6 is 22.9 Å². The second-order valence-corrected chi connectivity index (χ2v) is 6.71. The van der Waals surface area contributed by atoms with Gasteiger partial charge >= 0.3 is 0 Å². The number of hydrogen-bond donors (Lipinski definition) is 0. The second kappa shape index (κ2) is 5.44. The molecule has 4 rings (SSSR count). The van der Waals surface area contributed by atoms with Crippen LogP contribution in [0.2, 0.25) is 5.02 Å². The average molecular weight is 342 g/mol. The molecule has 0 fully saturated rings. The van der Waals surface area contributed by atoms with Crippen LogP contribution in [-0.2, 0) is 0 Å². The molecule has 0 aliphatic rings. The number of benzene rings is 1. The van der Waals surface area contributed by atoms with E-state index in [9.17, 15) is 0 Å². The molecular formula is C17H12ClN3OS. The summed E-state index contributed by atoms with van der Waals surface area (Å²) in [6.45, 7) is 4.07. The minimum atomic E-state index is 0.539. The second-order valence-electron chi connectivity index (χ2n) is 5.28. The van der Waals surface area contributed by atoms with Gasteiger partial charge in [0.05, 0.1) is 5.52 Å². The number of aryl methyl sites for hydroxylation is 2. The number of aromatic nitrogens is 3. The Labute approximate surface area is 141 Å². The van der Waals surface area contributed by atoms with Crippen molar-refractivity contribution in [1.29, 1.82) is 0 Å². The molecule has 114 valence electrons. The van der Waals surface area contributed by atoms with E-state index in [2.05, 4.69) is 27.9 Å². The van der Waals surface area contributed by atoms with Crippen molar-refractivity contribution in [2.24, 2.45) is 0 Å². The van der Waals surface area contributed by atoms with Crippen molar-refractivity contribution in [1.82, 2.24) is 15.0 Å². The molecule has 0 N–H and O–H groups in total. The van der Waals surface area contributed by atoms with Crippen LogP contribution in [0.15, 0.2) is 36.7 Å². The van der Waals surface area contributed by atoms with Gasteiger partial charge in [-0.15, -0.1) is 11.3 Å². The average Bonchev–Trinajstić information content (AvgIpc) is 2.89. The lowest BCUT2D eigenvalue weighted by Gasteiger charge is -2.05. The summed E-state index contributed by atoms with van der Waals surface area (Å²) in [5.41, 5.74) is 3.04. The Hall–Kier alpha value is -2.24. The number of hydrogen-bond acceptors (Lipinski definition) is 5. The Morgan fingerprint density at radius 2 is 1.87 bits per heavy atom. The predicted octanol–water partition coefficient (Wildman–Crippen LogP) is 5.30. The molecule has 3 heterocycles. The fraction of sp³-hybridized carbons (Fsp3) is 0.118. The molecule has 23 heavy (non-hydrogen) atoms. The van der Waals surface area contributed by atoms with Gasteiger partial charge in [-0.1, -0.05) is 11.6 Å². The number of thiophene rings is 1. The van der Waals surface area contributed by atoms with E-state index in [1.165, 1.54) is 6.33 Å². The van der Waals surface area contributed by atoms with Crippen LogP contribution in [-0.4, -0.2) is 15.0 Å². The van der Waals surface area contributed by atoms with Crippen molar-refractivity contribution >= 4 is 43.4 Å². The molecule has 0 unspecified atom stereocenters. The minimum Gasteiger partial charge on any atom is -0.437 e. The lowest BCUT2D eigenvalue weighted by molar-refractivity contribution is 0.469. The molecule has 0 saturated carbocycles. The zero-order valence-electron chi connectivity index (χ0n) is 12.5. The van der Waals surface area contributed by atoms with Gasteiger partial charge in [0.25, 0.3) is 0 Å². The highest BCUT2D eigenvalue weighted by molar-refractivity contribution is 7.25. The van der Waals surface area contributed by atoms with Gasteiger partial charge in [0.2, 0.25) is 5.88 Å². The molecule has 0 saturated heterocycles. The third kappa shape index (κ3) is 2.52. The van der Waals surface area contributed by atoms with Crippen molar-refractivity contribution in [3.05, 3.63) is 52.9 Å². The monoisotopic (exact) mass is 341 g/mol. The molecule has 1 aromatic carbocycles. The summed E-state index contributed by atoms with van der Waals surface area (Å²) >= 11 is 7.46. The molecule has 0 bridgehead atoms. The molecule has 0 spiro atoms. The Bertz CT molecular complexity index is 1030. The molecule has 0 radical (unpaired) electrons. The Morgan fingerprint density at radius 3 is 2.65 bits per heavy atom. The zero-order chi connectivity index (χ0) is 16.0. The number of fused-ring (bicyclic) bond motifs is 3. The maximum atomic E-state index is 5.92. The van der Waals surface area contributed by atoms with Gasteiger partial charge in [-0.05, 0) is 49.7 Å². The summed E-state index contributed by atoms with van der Waals surface area (Å²) in [6.07, 6.45) is 1.53. The van der Waals surface area contributed by atoms with Crippen LogP contribution in [0.4, 0.5) is 0 Å². The summed E-state index contributed by atoms with van der Waals surface area (Å²) in [5.74, 6) is 1.23. The first-order valence-electron chi connectivity index (χ1n) is 7.07. The van der Waals surface area contributed by atoms with Crippen LogP contribution in [0.3, 0.4) is 0 Å². The first kappa shape index (κ1) is 14.4. The minimum absolute atomic E-state index is 0.539. The summed E-state index contributed by atoms with van der Waals surface area (Å²) in [5, 5.41) is 1.74. The highest BCUT2D eigenvalue weighted by Gasteiger charge is 2.15. The summed E-state index contributed by atoms with van der Waals surface area (Å²) in [6, 6.07) is 9.27. The van der Waals surface area contributed by atoms with Crippen molar-refractivity contribution in [2.45, 2.75) is 13.8 Å². The highest BCUT2D eigenvalue weighted by Crippen LogP contribution is 2.38. The Kier molecular flexibility index (Phi) is 3.39. The van der Waals surface area contributed by atoms with E-state index in [1.54, 1.807) is 23.5 Å². The van der Waals surface area contributed by atoms with Crippen molar-refractivity contribution in [3.63, 3.8) is 0 Å². The maximum Gasteiger partial charge on any atom is 0.240 e. The highest BCUT2D eigenvalue weighted by atomic mass is 35.5. The maximum absolute atomic E-state index is 5.92. The number of ether oxygens (including phenoxy) is 1. The molecule has 3 aromatic heterocycles. The molecule has 4 nitrogen and oxygen atoms in total. The van der Waals surface area contributed by atoms with E-state index >= 15 is 0 Å². The largest absolute Gasteiger partial charge is 0.437 e. The van der Waals surface area contributed by atoms with Gasteiger partial charge < -0.3 is 4.74 Å². The van der Waals surface area contributed by atoms with Crippen LogP contribution in [0.5, 0.6) is 11.6 Å². The van der Waals surface area contributed by atoms with Crippen molar-refractivity contribution in [3.8, 4) is 11.6 Å². The number of rotatable bonds is 2. The van der Waals surface area contributed by atoms with E-state index in [1.807, 2.05) is 19.1 Å². The standard InChI is InChI=1S/C17H12ClN3OS/c1-9-7-10(2)21-17-13(9)14-15(23-17)16(20-8-19-14)22-12-5-3-11(18)4-6-12/h3-8H,1-2H3. The van der Waals surface area contributed by atoms with E-state index in [-0.39, 0.29) is 0 Å². The van der Waals surface area contributed by atoms with Crippen molar-refractivity contribution in [2.75, 3.05) is 0 Å². The summed E-state index contributed by atoms with van der Waals surface area (Å²) < 4.78 is 6.82. The predicted molar refractivity (Wildman–Crippen MR) is 93.7 cm³/mol. The normalized spacial score (nSPS) is 11.3. The molecule has 4 aromatic rings. The number of pyridine rings is 1. The quantitative estimate of drug-likeness (QED) is 0.496. The molecule has 6 heteroatoms. The zero-order valence-corrected chi connectivity index (χ0v) is 14.1. The summed E-state index contributed by atoms with van der Waals surface area (Å²) in [7, 11) is 0.